The number of hydrogen-bond donors (Lipinski definition) is 0. The molecule has 0 saturated heterocycles. The average molecular weight is 611 g/mol. The van der Waals surface area contributed by atoms with Gasteiger partial charge in [0.1, 0.15) is 11.5 Å². The zero-order valence-corrected chi connectivity index (χ0v) is 28.3. The summed E-state index contributed by atoms with van der Waals surface area (Å²) in [6.45, 7) is 2.91. The maximum Gasteiger partial charge on any atom is 0.164 e. The molecule has 0 aromatic heterocycles. The van der Waals surface area contributed by atoms with E-state index in [1.807, 2.05) is 9.24 Å². The lowest BCUT2D eigenvalue weighted by Gasteiger charge is -2.44. The van der Waals surface area contributed by atoms with Crippen molar-refractivity contribution < 1.29 is 4.74 Å². The third-order valence-electron chi connectivity index (χ3n) is 10.4. The van der Waals surface area contributed by atoms with E-state index in [2.05, 4.69) is 140 Å². The highest BCUT2D eigenvalue weighted by Crippen LogP contribution is 2.46. The van der Waals surface area contributed by atoms with E-state index in [9.17, 15) is 0 Å². The fourth-order valence-corrected chi connectivity index (χ4v) is 8.74. The minimum Gasteiger partial charge on any atom is -0.489 e. The molecule has 2 fully saturated rings. The first-order valence-corrected chi connectivity index (χ1v) is 17.9. The van der Waals surface area contributed by atoms with Crippen LogP contribution in [0.25, 0.3) is 0 Å². The van der Waals surface area contributed by atoms with Gasteiger partial charge in [-0.3, -0.25) is 0 Å². The van der Waals surface area contributed by atoms with Crippen molar-refractivity contribution >= 4 is 42.5 Å². The van der Waals surface area contributed by atoms with E-state index < -0.39 is 6.15 Å². The van der Waals surface area contributed by atoms with Crippen LogP contribution < -0.4 is 31.9 Å². The summed E-state index contributed by atoms with van der Waals surface area (Å²) in [5.41, 5.74) is 8.59. The second-order valence-corrected chi connectivity index (χ2v) is 13.7. The number of hydrogen-bond acceptors (Lipinski definition) is 1. The van der Waals surface area contributed by atoms with Crippen LogP contribution in [0.1, 0.15) is 81.3 Å². The third-order valence-corrected chi connectivity index (χ3v) is 10.9. The zero-order valence-electron chi connectivity index (χ0n) is 26.9. The Morgan fingerprint density at radius 2 is 0.911 bits per heavy atom. The van der Waals surface area contributed by atoms with Crippen LogP contribution in [0.4, 0.5) is 0 Å². The minimum atomic E-state index is -1.22. The summed E-state index contributed by atoms with van der Waals surface area (Å²) >= 11 is 0. The van der Waals surface area contributed by atoms with Crippen LogP contribution in [-0.2, 0) is 0 Å². The van der Waals surface area contributed by atoms with Gasteiger partial charge in [-0.25, -0.2) is 0 Å². The zero-order chi connectivity index (χ0) is 30.9. The van der Waals surface area contributed by atoms with E-state index in [1.54, 1.807) is 11.1 Å². The molecule has 0 radical (unpaired) electrons. The molecule has 0 amide bonds. The Balaban J connectivity index is 0.000000163. The van der Waals surface area contributed by atoms with Crippen molar-refractivity contribution in [1.29, 1.82) is 0 Å². The molecule has 0 heterocycles. The second-order valence-electron chi connectivity index (χ2n) is 13.0. The Morgan fingerprint density at radius 1 is 0.533 bits per heavy atom. The van der Waals surface area contributed by atoms with Crippen molar-refractivity contribution in [2.24, 2.45) is 0 Å². The van der Waals surface area contributed by atoms with Crippen molar-refractivity contribution in [3.8, 4) is 5.75 Å². The first-order valence-electron chi connectivity index (χ1n) is 17.2. The van der Waals surface area contributed by atoms with E-state index in [-0.39, 0.29) is 0 Å². The predicted octanol–water partition coefficient (Wildman–Crippen LogP) is 7.70. The van der Waals surface area contributed by atoms with Gasteiger partial charge in [-0.1, -0.05) is 153 Å². The predicted molar refractivity (Wildman–Crippen MR) is 201 cm³/mol. The van der Waals surface area contributed by atoms with Crippen LogP contribution in [0, 0.1) is 0 Å². The van der Waals surface area contributed by atoms with Crippen molar-refractivity contribution in [3.63, 3.8) is 0 Å². The molecule has 0 bridgehead atoms. The van der Waals surface area contributed by atoms with E-state index >= 15 is 0 Å². The number of benzene rings is 5. The SMILES string of the molecule is CCOc1c([PH3+])ccc(C2CCCC2)c1C1CCCC1.c1ccc([B-](c2ccccc2)(c2ccccc2)c2ccccc2)cc1. The first-order chi connectivity index (χ1) is 22.2. The molecule has 5 aromatic rings. The summed E-state index contributed by atoms with van der Waals surface area (Å²) in [7, 11) is 1.99. The normalized spacial score (nSPS) is 15.5. The highest BCUT2D eigenvalue weighted by Gasteiger charge is 2.32. The molecule has 2 saturated carbocycles. The Hall–Kier alpha value is -3.61. The standard InChI is InChI=1S/C24H20B.C18H27OP/c1-5-13-21(14-6-1)25(22-15-7-2-8-16-22,23-17-9-3-10-18-23)24-19-11-4-12-20-24;1-2-19-18-16(20)12-11-15(13-7-3-4-8-13)17(18)14-9-5-6-10-14/h1-20H;11-14H,2-10,20H2,1H3/q-1;/p+1. The van der Waals surface area contributed by atoms with Gasteiger partial charge >= 0.3 is 0 Å². The van der Waals surface area contributed by atoms with Crippen molar-refractivity contribution in [2.75, 3.05) is 6.61 Å². The van der Waals surface area contributed by atoms with Gasteiger partial charge in [0.05, 0.1) is 6.61 Å². The maximum absolute atomic E-state index is 6.09. The summed E-state index contributed by atoms with van der Waals surface area (Å²) in [6, 6.07) is 48.3. The quantitative estimate of drug-likeness (QED) is 0.129. The van der Waals surface area contributed by atoms with E-state index in [4.69, 9.17) is 4.74 Å². The summed E-state index contributed by atoms with van der Waals surface area (Å²) in [6.07, 6.45) is 9.91. The molecule has 2 aliphatic rings. The summed E-state index contributed by atoms with van der Waals surface area (Å²) in [4.78, 5) is 0. The van der Waals surface area contributed by atoms with Crippen LogP contribution in [0.2, 0.25) is 0 Å². The fraction of sp³-hybridized carbons (Fsp3) is 0.286. The lowest BCUT2D eigenvalue weighted by Crippen LogP contribution is -2.74. The van der Waals surface area contributed by atoms with Crippen molar-refractivity contribution in [3.05, 3.63) is 145 Å². The second kappa shape index (κ2) is 15.1. The van der Waals surface area contributed by atoms with Gasteiger partial charge in [0, 0.05) is 14.8 Å². The molecule has 230 valence electrons. The highest BCUT2D eigenvalue weighted by molar-refractivity contribution is 7.27. The van der Waals surface area contributed by atoms with E-state index in [1.165, 1.54) is 84.3 Å². The van der Waals surface area contributed by atoms with Crippen LogP contribution in [-0.4, -0.2) is 12.8 Å². The summed E-state index contributed by atoms with van der Waals surface area (Å²) in [5, 5.41) is 1.36. The molecule has 3 heteroatoms. The van der Waals surface area contributed by atoms with Crippen LogP contribution in [0.3, 0.4) is 0 Å². The highest BCUT2D eigenvalue weighted by atomic mass is 31.0. The van der Waals surface area contributed by atoms with Gasteiger partial charge in [-0.2, -0.15) is 21.9 Å². The van der Waals surface area contributed by atoms with Crippen LogP contribution >= 0.6 is 9.24 Å². The topological polar surface area (TPSA) is 9.23 Å². The average Bonchev–Trinajstić information content (AvgIpc) is 3.84. The smallest absolute Gasteiger partial charge is 0.164 e. The van der Waals surface area contributed by atoms with E-state index in [0.717, 1.165) is 18.4 Å². The van der Waals surface area contributed by atoms with Crippen LogP contribution in [0.5, 0.6) is 5.75 Å². The van der Waals surface area contributed by atoms with Gasteiger partial charge < -0.3 is 4.74 Å². The molecule has 0 N–H and O–H groups in total. The molecule has 1 unspecified atom stereocenters. The van der Waals surface area contributed by atoms with Crippen LogP contribution in [0.15, 0.2) is 133 Å². The third kappa shape index (κ3) is 6.68. The van der Waals surface area contributed by atoms with Gasteiger partial charge in [-0.15, -0.1) is 0 Å². The largest absolute Gasteiger partial charge is 0.489 e. The van der Waals surface area contributed by atoms with E-state index in [0.29, 0.717) is 0 Å². The Morgan fingerprint density at radius 3 is 1.29 bits per heavy atom. The van der Waals surface area contributed by atoms with Gasteiger partial charge in [-0.05, 0) is 56.1 Å². The van der Waals surface area contributed by atoms with Gasteiger partial charge in [0.25, 0.3) is 0 Å². The number of rotatable bonds is 8. The minimum absolute atomic E-state index is 0.761. The first kappa shape index (κ1) is 31.4. The monoisotopic (exact) mass is 610 g/mol. The Bertz CT molecular complexity index is 1450. The summed E-state index contributed by atoms with van der Waals surface area (Å²) < 4.78 is 6.09. The lowest BCUT2D eigenvalue weighted by molar-refractivity contribution is 0.336. The van der Waals surface area contributed by atoms with Gasteiger partial charge in [0.15, 0.2) is 5.75 Å². The maximum atomic E-state index is 6.09. The fourth-order valence-electron chi connectivity index (χ4n) is 8.32. The van der Waals surface area contributed by atoms with Crippen molar-refractivity contribution in [1.82, 2.24) is 0 Å². The summed E-state index contributed by atoms with van der Waals surface area (Å²) in [5.74, 6) is 2.80. The molecular formula is C42H48BOP. The molecule has 7 rings (SSSR count). The molecule has 2 aliphatic carbocycles. The lowest BCUT2D eigenvalue weighted by atomic mass is 9.13. The van der Waals surface area contributed by atoms with Gasteiger partial charge in [0.2, 0.25) is 0 Å². The molecule has 5 aromatic carbocycles. The molecule has 0 aliphatic heterocycles. The van der Waals surface area contributed by atoms with Crippen molar-refractivity contribution in [2.45, 2.75) is 70.1 Å². The molecule has 1 nitrogen and oxygen atoms in total. The molecule has 1 atom stereocenters. The number of ether oxygens (including phenoxy) is 1. The molecule has 0 spiro atoms. The molecular weight excluding hydrogens is 562 g/mol. The Labute approximate surface area is 273 Å². The molecule has 45 heavy (non-hydrogen) atoms. The Kier molecular flexibility index (Phi) is 10.5.